The predicted octanol–water partition coefficient (Wildman–Crippen LogP) is 2.01. The lowest BCUT2D eigenvalue weighted by atomic mass is 10.2. The molecule has 1 amide bonds. The Hall–Kier alpha value is -3.20. The van der Waals surface area contributed by atoms with Gasteiger partial charge in [0.15, 0.2) is 11.6 Å². The van der Waals surface area contributed by atoms with Gasteiger partial charge in [-0.2, -0.15) is 4.98 Å². The van der Waals surface area contributed by atoms with Crippen LogP contribution < -0.4 is 5.32 Å². The van der Waals surface area contributed by atoms with E-state index in [0.29, 0.717) is 35.4 Å². The molecule has 0 spiro atoms. The zero-order valence-corrected chi connectivity index (χ0v) is 14.8. The minimum atomic E-state index is -0.297. The molecular formula is C18H18N6O3. The Balaban J connectivity index is 1.41. The fourth-order valence-corrected chi connectivity index (χ4v) is 2.82. The Bertz CT molecular complexity index is 937. The maximum Gasteiger partial charge on any atom is 0.255 e. The van der Waals surface area contributed by atoms with Gasteiger partial charge in [-0.25, -0.2) is 9.97 Å². The van der Waals surface area contributed by atoms with E-state index in [4.69, 9.17) is 9.26 Å². The quantitative estimate of drug-likeness (QED) is 0.729. The number of aryl methyl sites for hydroxylation is 1. The second-order valence-electron chi connectivity index (χ2n) is 6.17. The molecule has 4 heterocycles. The molecular weight excluding hydrogens is 348 g/mol. The molecule has 0 aromatic carbocycles. The van der Waals surface area contributed by atoms with Crippen LogP contribution in [0.4, 0.5) is 0 Å². The lowest BCUT2D eigenvalue weighted by molar-refractivity contribution is 0.0835. The molecule has 0 bridgehead atoms. The van der Waals surface area contributed by atoms with Crippen molar-refractivity contribution in [3.63, 3.8) is 0 Å². The summed E-state index contributed by atoms with van der Waals surface area (Å²) in [4.78, 5) is 29.4. The van der Waals surface area contributed by atoms with Crippen molar-refractivity contribution in [1.29, 1.82) is 0 Å². The minimum Gasteiger partial charge on any atom is -0.368 e. The molecule has 1 N–H and O–H groups in total. The third-order valence-electron chi connectivity index (χ3n) is 4.24. The number of hydrogen-bond acceptors (Lipinski definition) is 8. The highest BCUT2D eigenvalue weighted by Crippen LogP contribution is 2.26. The smallest absolute Gasteiger partial charge is 0.255 e. The van der Waals surface area contributed by atoms with Crippen molar-refractivity contribution in [2.75, 3.05) is 6.61 Å². The largest absolute Gasteiger partial charge is 0.368 e. The molecule has 9 nitrogen and oxygen atoms in total. The second-order valence-corrected chi connectivity index (χ2v) is 6.17. The molecule has 3 aromatic heterocycles. The standard InChI is InChI=1S/C18H18N6O3/c1-11-13(9-20-16(22-11)12-4-2-6-19-8-12)17(25)21-10-15-23-18(27-24-15)14-5-3-7-26-14/h2,4,6,8-9,14H,3,5,7,10H2,1H3,(H,21,25)/t14-/m1/s1. The molecule has 1 saturated heterocycles. The van der Waals surface area contributed by atoms with E-state index in [-0.39, 0.29) is 18.6 Å². The third kappa shape index (κ3) is 3.82. The molecule has 4 rings (SSSR count). The van der Waals surface area contributed by atoms with Crippen LogP contribution in [0.5, 0.6) is 0 Å². The number of pyridine rings is 1. The lowest BCUT2D eigenvalue weighted by Crippen LogP contribution is -2.25. The highest BCUT2D eigenvalue weighted by Gasteiger charge is 2.24. The van der Waals surface area contributed by atoms with E-state index >= 15 is 0 Å². The molecule has 0 unspecified atom stereocenters. The number of hydrogen-bond donors (Lipinski definition) is 1. The van der Waals surface area contributed by atoms with Crippen LogP contribution in [0.1, 0.15) is 46.7 Å². The molecule has 3 aromatic rings. The van der Waals surface area contributed by atoms with E-state index < -0.39 is 0 Å². The van der Waals surface area contributed by atoms with E-state index in [1.165, 1.54) is 6.20 Å². The second kappa shape index (κ2) is 7.58. The van der Waals surface area contributed by atoms with E-state index in [1.54, 1.807) is 19.3 Å². The molecule has 1 fully saturated rings. The summed E-state index contributed by atoms with van der Waals surface area (Å²) in [5.74, 6) is 1.08. The topological polar surface area (TPSA) is 116 Å². The van der Waals surface area contributed by atoms with Gasteiger partial charge in [-0.1, -0.05) is 5.16 Å². The summed E-state index contributed by atoms with van der Waals surface area (Å²) in [6, 6.07) is 3.67. The van der Waals surface area contributed by atoms with Crippen molar-refractivity contribution >= 4 is 5.91 Å². The number of rotatable bonds is 5. The number of carbonyl (C=O) groups is 1. The van der Waals surface area contributed by atoms with Crippen LogP contribution in [-0.4, -0.2) is 37.6 Å². The van der Waals surface area contributed by atoms with E-state index in [1.807, 2.05) is 12.1 Å². The van der Waals surface area contributed by atoms with Gasteiger partial charge in [0.25, 0.3) is 11.8 Å². The van der Waals surface area contributed by atoms with Crippen molar-refractivity contribution in [2.24, 2.45) is 0 Å². The van der Waals surface area contributed by atoms with Gasteiger partial charge in [-0.3, -0.25) is 9.78 Å². The number of carbonyl (C=O) groups excluding carboxylic acids is 1. The number of nitrogens with one attached hydrogen (secondary N) is 1. The van der Waals surface area contributed by atoms with Crippen LogP contribution in [0, 0.1) is 6.92 Å². The molecule has 1 aliphatic heterocycles. The summed E-state index contributed by atoms with van der Waals surface area (Å²) >= 11 is 0. The third-order valence-corrected chi connectivity index (χ3v) is 4.24. The predicted molar refractivity (Wildman–Crippen MR) is 93.4 cm³/mol. The summed E-state index contributed by atoms with van der Waals surface area (Å²) in [5, 5.41) is 6.65. The fraction of sp³-hybridized carbons (Fsp3) is 0.333. The zero-order chi connectivity index (χ0) is 18.6. The van der Waals surface area contributed by atoms with Gasteiger partial charge in [-0.15, -0.1) is 0 Å². The molecule has 27 heavy (non-hydrogen) atoms. The van der Waals surface area contributed by atoms with Crippen LogP contribution in [0.25, 0.3) is 11.4 Å². The van der Waals surface area contributed by atoms with Gasteiger partial charge in [0, 0.05) is 30.8 Å². The van der Waals surface area contributed by atoms with E-state index in [0.717, 1.165) is 18.4 Å². The number of aromatic nitrogens is 5. The highest BCUT2D eigenvalue weighted by molar-refractivity contribution is 5.94. The van der Waals surface area contributed by atoms with Crippen molar-refractivity contribution in [2.45, 2.75) is 32.4 Å². The molecule has 0 saturated carbocycles. The first-order valence-corrected chi connectivity index (χ1v) is 8.67. The molecule has 1 atom stereocenters. The first-order chi connectivity index (χ1) is 13.2. The number of nitrogens with zero attached hydrogens (tertiary/aromatic N) is 5. The van der Waals surface area contributed by atoms with Gasteiger partial charge in [-0.05, 0) is 31.9 Å². The van der Waals surface area contributed by atoms with Crippen LogP contribution >= 0.6 is 0 Å². The van der Waals surface area contributed by atoms with Crippen LogP contribution in [-0.2, 0) is 11.3 Å². The highest BCUT2D eigenvalue weighted by atomic mass is 16.5. The molecule has 0 radical (unpaired) electrons. The number of amides is 1. The van der Waals surface area contributed by atoms with Gasteiger partial charge in [0.1, 0.15) is 6.10 Å². The van der Waals surface area contributed by atoms with Crippen molar-refractivity contribution in [3.05, 3.63) is 53.7 Å². The average molecular weight is 366 g/mol. The summed E-state index contributed by atoms with van der Waals surface area (Å²) in [5.41, 5.74) is 1.76. The van der Waals surface area contributed by atoms with Crippen LogP contribution in [0.2, 0.25) is 0 Å². The van der Waals surface area contributed by atoms with E-state index in [2.05, 4.69) is 30.4 Å². The lowest BCUT2D eigenvalue weighted by Gasteiger charge is -2.07. The monoisotopic (exact) mass is 366 g/mol. The first-order valence-electron chi connectivity index (χ1n) is 8.67. The van der Waals surface area contributed by atoms with Crippen molar-refractivity contribution in [1.82, 2.24) is 30.4 Å². The summed E-state index contributed by atoms with van der Waals surface area (Å²) in [6.45, 7) is 2.62. The van der Waals surface area contributed by atoms with E-state index in [9.17, 15) is 4.79 Å². The van der Waals surface area contributed by atoms with Gasteiger partial charge in [0.05, 0.1) is 17.8 Å². The molecule has 138 valence electrons. The summed E-state index contributed by atoms with van der Waals surface area (Å²) < 4.78 is 10.7. The fourth-order valence-electron chi connectivity index (χ4n) is 2.82. The maximum absolute atomic E-state index is 12.4. The van der Waals surface area contributed by atoms with Crippen molar-refractivity contribution in [3.8, 4) is 11.4 Å². The Labute approximate surface area is 155 Å². The molecule has 1 aliphatic rings. The maximum atomic E-state index is 12.4. The van der Waals surface area contributed by atoms with Crippen LogP contribution in [0.15, 0.2) is 35.2 Å². The normalized spacial score (nSPS) is 16.4. The number of ether oxygens (including phenoxy) is 1. The Morgan fingerprint density at radius 2 is 2.26 bits per heavy atom. The Kier molecular flexibility index (Phi) is 4.84. The Morgan fingerprint density at radius 1 is 1.33 bits per heavy atom. The van der Waals surface area contributed by atoms with Crippen molar-refractivity contribution < 1.29 is 14.1 Å². The summed E-state index contributed by atoms with van der Waals surface area (Å²) in [6.07, 6.45) is 6.57. The van der Waals surface area contributed by atoms with Gasteiger partial charge < -0.3 is 14.6 Å². The average Bonchev–Trinajstić information content (AvgIpc) is 3.38. The molecule has 0 aliphatic carbocycles. The Morgan fingerprint density at radius 3 is 3.00 bits per heavy atom. The van der Waals surface area contributed by atoms with Crippen LogP contribution in [0.3, 0.4) is 0 Å². The zero-order valence-electron chi connectivity index (χ0n) is 14.8. The first kappa shape index (κ1) is 17.2. The van der Waals surface area contributed by atoms with Gasteiger partial charge >= 0.3 is 0 Å². The summed E-state index contributed by atoms with van der Waals surface area (Å²) in [7, 11) is 0. The SMILES string of the molecule is Cc1nc(-c2cccnc2)ncc1C(=O)NCc1noc([C@H]2CCCO2)n1. The minimum absolute atomic E-state index is 0.141. The van der Waals surface area contributed by atoms with Gasteiger partial charge in [0.2, 0.25) is 0 Å². The molecule has 9 heteroatoms.